The normalized spacial score (nSPS) is 17.8. The molecule has 0 bridgehead atoms. The maximum absolute atomic E-state index is 5.78. The zero-order chi connectivity index (χ0) is 11.2. The first-order valence-electron chi connectivity index (χ1n) is 5.72. The van der Waals surface area contributed by atoms with Gasteiger partial charge in [-0.3, -0.25) is 0 Å². The summed E-state index contributed by atoms with van der Waals surface area (Å²) in [5.41, 5.74) is 0.889. The van der Waals surface area contributed by atoms with Gasteiger partial charge in [0.1, 0.15) is 12.3 Å². The Hall–Kier alpha value is -1.02. The molecule has 0 aromatic heterocycles. The van der Waals surface area contributed by atoms with E-state index in [4.69, 9.17) is 16.4 Å². The van der Waals surface area contributed by atoms with Crippen LogP contribution in [0.2, 0.25) is 5.02 Å². The summed E-state index contributed by atoms with van der Waals surface area (Å²) in [6.07, 6.45) is 9.21. The van der Waals surface area contributed by atoms with Gasteiger partial charge in [0.05, 0.1) is 0 Å². The predicted octanol–water partition coefficient (Wildman–Crippen LogP) is 3.90. The third kappa shape index (κ3) is 3.53. The zero-order valence-corrected chi connectivity index (χ0v) is 9.91. The standard InChI is InChI=1S/C13H15ClNO/c14-12-8-6-11(7-9-12)10-15-16-13-4-2-1-3-5-13/h6-9,13H,1-5H2. The summed E-state index contributed by atoms with van der Waals surface area (Å²) in [5, 5.41) is 4.62. The molecule has 16 heavy (non-hydrogen) atoms. The fourth-order valence-corrected chi connectivity index (χ4v) is 1.97. The first kappa shape index (κ1) is 11.5. The number of nitrogens with zero attached hydrogens (tertiary/aromatic N) is 1. The van der Waals surface area contributed by atoms with E-state index in [1.54, 1.807) is 0 Å². The Morgan fingerprint density at radius 3 is 2.50 bits per heavy atom. The van der Waals surface area contributed by atoms with Crippen LogP contribution < -0.4 is 0 Å². The molecule has 2 rings (SSSR count). The Bertz CT molecular complexity index is 341. The lowest BCUT2D eigenvalue weighted by Crippen LogP contribution is -2.13. The van der Waals surface area contributed by atoms with Gasteiger partial charge in [-0.05, 0) is 37.8 Å². The van der Waals surface area contributed by atoms with Crippen molar-refractivity contribution in [2.45, 2.75) is 38.2 Å². The van der Waals surface area contributed by atoms with Gasteiger partial charge < -0.3 is 4.84 Å². The van der Waals surface area contributed by atoms with Crippen LogP contribution in [0.5, 0.6) is 0 Å². The third-order valence-electron chi connectivity index (χ3n) is 2.77. The van der Waals surface area contributed by atoms with Crippen LogP contribution in [-0.4, -0.2) is 12.3 Å². The van der Waals surface area contributed by atoms with Crippen molar-refractivity contribution in [3.63, 3.8) is 0 Å². The highest BCUT2D eigenvalue weighted by molar-refractivity contribution is 6.30. The van der Waals surface area contributed by atoms with Gasteiger partial charge in [0, 0.05) is 10.6 Å². The van der Waals surface area contributed by atoms with Crippen molar-refractivity contribution in [2.75, 3.05) is 0 Å². The SMILES string of the molecule is Clc1ccc(/[C]=N/OC2CCCCC2)cc1. The van der Waals surface area contributed by atoms with Crippen LogP contribution in [0.3, 0.4) is 0 Å². The van der Waals surface area contributed by atoms with Crippen molar-refractivity contribution in [1.29, 1.82) is 0 Å². The molecular weight excluding hydrogens is 222 g/mol. The molecule has 0 heterocycles. The maximum atomic E-state index is 5.78. The maximum Gasteiger partial charge on any atom is 0.139 e. The van der Waals surface area contributed by atoms with E-state index in [0.29, 0.717) is 0 Å². The third-order valence-corrected chi connectivity index (χ3v) is 3.02. The Morgan fingerprint density at radius 1 is 1.12 bits per heavy atom. The number of benzene rings is 1. The molecule has 0 saturated heterocycles. The molecule has 1 aliphatic rings. The number of hydrogen-bond donors (Lipinski definition) is 0. The largest absolute Gasteiger partial charge is 0.392 e. The highest BCUT2D eigenvalue weighted by Crippen LogP contribution is 2.20. The van der Waals surface area contributed by atoms with E-state index in [1.807, 2.05) is 24.3 Å². The van der Waals surface area contributed by atoms with E-state index in [2.05, 4.69) is 11.4 Å². The van der Waals surface area contributed by atoms with Crippen LogP contribution in [0.25, 0.3) is 0 Å². The van der Waals surface area contributed by atoms with Crippen molar-refractivity contribution in [2.24, 2.45) is 5.16 Å². The Kier molecular flexibility index (Phi) is 4.23. The summed E-state index contributed by atoms with van der Waals surface area (Å²) in [6, 6.07) is 7.38. The number of halogens is 1. The molecule has 1 aromatic rings. The van der Waals surface area contributed by atoms with Crippen molar-refractivity contribution < 1.29 is 4.84 Å². The summed E-state index contributed by atoms with van der Waals surface area (Å²) in [7, 11) is 0. The van der Waals surface area contributed by atoms with Crippen LogP contribution in [0, 0.1) is 0 Å². The van der Waals surface area contributed by atoms with E-state index in [-0.39, 0.29) is 6.10 Å². The summed E-state index contributed by atoms with van der Waals surface area (Å²) in [4.78, 5) is 5.40. The number of hydrogen-bond acceptors (Lipinski definition) is 2. The molecule has 0 N–H and O–H groups in total. The molecule has 0 atom stereocenters. The molecule has 0 spiro atoms. The number of rotatable bonds is 3. The first-order chi connectivity index (χ1) is 7.84. The van der Waals surface area contributed by atoms with Crippen molar-refractivity contribution in [3.05, 3.63) is 34.9 Å². The average Bonchev–Trinajstić information content (AvgIpc) is 2.33. The summed E-state index contributed by atoms with van der Waals surface area (Å²) in [5.74, 6) is 0. The highest BCUT2D eigenvalue weighted by Gasteiger charge is 2.13. The lowest BCUT2D eigenvalue weighted by molar-refractivity contribution is 0.0340. The van der Waals surface area contributed by atoms with Gasteiger partial charge in [-0.15, -0.1) is 0 Å². The fourth-order valence-electron chi connectivity index (χ4n) is 1.85. The molecule has 0 unspecified atom stereocenters. The molecule has 1 aromatic carbocycles. The second kappa shape index (κ2) is 5.90. The highest BCUT2D eigenvalue weighted by atomic mass is 35.5. The predicted molar refractivity (Wildman–Crippen MR) is 65.9 cm³/mol. The molecule has 0 amide bonds. The van der Waals surface area contributed by atoms with Gasteiger partial charge >= 0.3 is 0 Å². The lowest BCUT2D eigenvalue weighted by Gasteiger charge is -2.18. The van der Waals surface area contributed by atoms with E-state index in [0.717, 1.165) is 23.4 Å². The first-order valence-corrected chi connectivity index (χ1v) is 6.10. The smallest absolute Gasteiger partial charge is 0.139 e. The molecule has 1 radical (unpaired) electrons. The van der Waals surface area contributed by atoms with Gasteiger partial charge in [-0.2, -0.15) is 0 Å². The molecule has 0 aliphatic heterocycles. The Morgan fingerprint density at radius 2 is 1.81 bits per heavy atom. The minimum atomic E-state index is 0.286. The second-order valence-corrected chi connectivity index (χ2v) is 4.51. The van der Waals surface area contributed by atoms with Gasteiger partial charge in [-0.1, -0.05) is 35.3 Å². The van der Waals surface area contributed by atoms with Crippen LogP contribution in [0.15, 0.2) is 29.4 Å². The van der Waals surface area contributed by atoms with Gasteiger partial charge in [0.15, 0.2) is 0 Å². The molecule has 2 nitrogen and oxygen atoms in total. The minimum absolute atomic E-state index is 0.286. The molecule has 85 valence electrons. The molecule has 3 heteroatoms. The zero-order valence-electron chi connectivity index (χ0n) is 9.16. The molecule has 1 fully saturated rings. The average molecular weight is 237 g/mol. The molecule has 1 saturated carbocycles. The fraction of sp³-hybridized carbons (Fsp3) is 0.462. The summed E-state index contributed by atoms with van der Waals surface area (Å²) >= 11 is 5.78. The molecular formula is C13H15ClNO. The van der Waals surface area contributed by atoms with Crippen LogP contribution >= 0.6 is 11.6 Å². The monoisotopic (exact) mass is 236 g/mol. The quantitative estimate of drug-likeness (QED) is 0.576. The van der Waals surface area contributed by atoms with E-state index >= 15 is 0 Å². The van der Waals surface area contributed by atoms with Gasteiger partial charge in [0.25, 0.3) is 0 Å². The minimum Gasteiger partial charge on any atom is -0.392 e. The van der Waals surface area contributed by atoms with E-state index in [9.17, 15) is 0 Å². The van der Waals surface area contributed by atoms with Crippen molar-refractivity contribution in [1.82, 2.24) is 0 Å². The van der Waals surface area contributed by atoms with Gasteiger partial charge in [-0.25, -0.2) is 0 Å². The van der Waals surface area contributed by atoms with Crippen LogP contribution in [0.4, 0.5) is 0 Å². The molecule has 1 aliphatic carbocycles. The Labute approximate surface area is 101 Å². The topological polar surface area (TPSA) is 21.6 Å². The van der Waals surface area contributed by atoms with Gasteiger partial charge in [0.2, 0.25) is 0 Å². The lowest BCUT2D eigenvalue weighted by atomic mass is 9.98. The van der Waals surface area contributed by atoms with Crippen molar-refractivity contribution in [3.8, 4) is 0 Å². The summed E-state index contributed by atoms with van der Waals surface area (Å²) in [6.45, 7) is 0. The van der Waals surface area contributed by atoms with E-state index in [1.165, 1.54) is 19.3 Å². The summed E-state index contributed by atoms with van der Waals surface area (Å²) < 4.78 is 0. The van der Waals surface area contributed by atoms with Crippen molar-refractivity contribution >= 4 is 17.8 Å². The van der Waals surface area contributed by atoms with Crippen LogP contribution in [0.1, 0.15) is 37.7 Å². The Balaban J connectivity index is 1.82. The van der Waals surface area contributed by atoms with Crippen LogP contribution in [-0.2, 0) is 4.84 Å². The van der Waals surface area contributed by atoms with E-state index < -0.39 is 0 Å². The second-order valence-electron chi connectivity index (χ2n) is 4.08.